The van der Waals surface area contributed by atoms with Gasteiger partial charge in [-0.2, -0.15) is 0 Å². The molecule has 108 valence electrons. The number of ether oxygens (including phenoxy) is 1. The maximum atomic E-state index is 12.1. The molecule has 2 rings (SSSR count). The summed E-state index contributed by atoms with van der Waals surface area (Å²) in [6, 6.07) is 5.52. The lowest BCUT2D eigenvalue weighted by Crippen LogP contribution is -2.38. The van der Waals surface area contributed by atoms with Crippen LogP contribution in [0.15, 0.2) is 18.2 Å². The molecule has 0 spiro atoms. The number of hydrogen-bond acceptors (Lipinski definition) is 3. The number of aromatic nitrogens is 1. The maximum Gasteiger partial charge on any atom is 0.276 e. The van der Waals surface area contributed by atoms with Crippen LogP contribution in [-0.4, -0.2) is 35.9 Å². The van der Waals surface area contributed by atoms with E-state index < -0.39 is 0 Å². The van der Waals surface area contributed by atoms with Crippen molar-refractivity contribution in [2.45, 2.75) is 6.92 Å². The molecule has 0 aliphatic rings. The van der Waals surface area contributed by atoms with Gasteiger partial charge in [-0.1, -0.05) is 6.07 Å². The number of aryl methyl sites for hydroxylation is 1. The van der Waals surface area contributed by atoms with Gasteiger partial charge in [0.15, 0.2) is 5.96 Å². The van der Waals surface area contributed by atoms with Crippen LogP contribution in [0.2, 0.25) is 0 Å². The average Bonchev–Trinajstić information content (AvgIpc) is 2.83. The van der Waals surface area contributed by atoms with Crippen LogP contribution in [-0.2, 0) is 0 Å². The van der Waals surface area contributed by atoms with E-state index in [1.165, 1.54) is 7.05 Å². The van der Waals surface area contributed by atoms with Crippen molar-refractivity contribution in [3.63, 3.8) is 0 Å². The van der Waals surface area contributed by atoms with Gasteiger partial charge in [-0.05, 0) is 24.6 Å². The number of carbonyl (C=O) groups excluding carboxylic acids is 1. The van der Waals surface area contributed by atoms with E-state index in [0.717, 1.165) is 21.4 Å². The number of fused-ring (bicyclic) bond motifs is 1. The quantitative estimate of drug-likeness (QED) is 0.583. The fourth-order valence-electron chi connectivity index (χ4n) is 1.91. The number of methoxy groups -OCH3 is 1. The van der Waals surface area contributed by atoms with Crippen molar-refractivity contribution in [1.29, 1.82) is 5.41 Å². The molecule has 0 bridgehead atoms. The molecule has 2 aromatic rings. The van der Waals surface area contributed by atoms with Crippen LogP contribution in [0, 0.1) is 12.3 Å². The summed E-state index contributed by atoms with van der Waals surface area (Å²) in [7, 11) is 3.04. The number of benzene rings is 1. The molecule has 0 unspecified atom stereocenters. The van der Waals surface area contributed by atoms with Crippen molar-refractivity contribution in [3.05, 3.63) is 29.5 Å². The fraction of sp³-hybridized carbons (Fsp3) is 0.231. The van der Waals surface area contributed by atoms with Gasteiger partial charge in [0.05, 0.1) is 12.6 Å². The monoisotopic (exact) mass is 296 g/mol. The molecule has 1 heterocycles. The second kappa shape index (κ2) is 5.83. The summed E-state index contributed by atoms with van der Waals surface area (Å²) in [5.74, 6) is 0.0163. The molecule has 7 heteroatoms. The Morgan fingerprint density at radius 3 is 2.65 bits per heavy atom. The van der Waals surface area contributed by atoms with Gasteiger partial charge in [0.1, 0.15) is 11.4 Å². The summed E-state index contributed by atoms with van der Waals surface area (Å²) in [5.41, 5.74) is 7.48. The van der Waals surface area contributed by atoms with Gasteiger partial charge in [0, 0.05) is 12.4 Å². The first-order valence-corrected chi connectivity index (χ1v) is 5.74. The predicted molar refractivity (Wildman–Crippen MR) is 80.8 cm³/mol. The van der Waals surface area contributed by atoms with Gasteiger partial charge in [0.2, 0.25) is 0 Å². The molecule has 6 nitrogen and oxygen atoms in total. The number of hydrogen-bond donors (Lipinski definition) is 3. The Morgan fingerprint density at radius 1 is 1.45 bits per heavy atom. The van der Waals surface area contributed by atoms with Crippen molar-refractivity contribution >= 4 is 35.2 Å². The van der Waals surface area contributed by atoms with Crippen LogP contribution >= 0.6 is 12.4 Å². The van der Waals surface area contributed by atoms with Gasteiger partial charge in [0.25, 0.3) is 5.91 Å². The first-order valence-electron chi connectivity index (χ1n) is 5.74. The van der Waals surface area contributed by atoms with Crippen LogP contribution in [0.3, 0.4) is 0 Å². The Kier molecular flexibility index (Phi) is 4.62. The number of carbonyl (C=O) groups is 1. The van der Waals surface area contributed by atoms with E-state index >= 15 is 0 Å². The van der Waals surface area contributed by atoms with Crippen molar-refractivity contribution < 1.29 is 9.53 Å². The van der Waals surface area contributed by atoms with Gasteiger partial charge < -0.3 is 15.5 Å². The van der Waals surface area contributed by atoms with Crippen LogP contribution in [0.25, 0.3) is 10.9 Å². The molecule has 4 N–H and O–H groups in total. The fourth-order valence-corrected chi connectivity index (χ4v) is 1.91. The molecule has 0 radical (unpaired) electrons. The Bertz CT molecular complexity index is 666. The predicted octanol–water partition coefficient (Wildman–Crippen LogP) is 1.87. The van der Waals surface area contributed by atoms with E-state index in [2.05, 4.69) is 4.98 Å². The zero-order valence-electron chi connectivity index (χ0n) is 11.5. The molecule has 1 aromatic heterocycles. The molecule has 1 aromatic carbocycles. The van der Waals surface area contributed by atoms with Crippen LogP contribution in [0.5, 0.6) is 5.75 Å². The van der Waals surface area contributed by atoms with Crippen LogP contribution in [0.1, 0.15) is 16.1 Å². The number of nitrogens with zero attached hydrogens (tertiary/aromatic N) is 1. The molecule has 1 amide bonds. The minimum Gasteiger partial charge on any atom is -0.495 e. The van der Waals surface area contributed by atoms with Crippen LogP contribution in [0.4, 0.5) is 0 Å². The number of nitrogens with two attached hydrogens (primary N) is 1. The van der Waals surface area contributed by atoms with E-state index in [1.807, 2.05) is 19.1 Å². The van der Waals surface area contributed by atoms with Gasteiger partial charge in [-0.25, -0.2) is 0 Å². The lowest BCUT2D eigenvalue weighted by atomic mass is 10.1. The van der Waals surface area contributed by atoms with E-state index in [1.54, 1.807) is 13.2 Å². The number of rotatable bonds is 2. The Balaban J connectivity index is 0.00000200. The highest BCUT2D eigenvalue weighted by Crippen LogP contribution is 2.28. The number of amides is 1. The zero-order valence-corrected chi connectivity index (χ0v) is 12.3. The lowest BCUT2D eigenvalue weighted by Gasteiger charge is -2.12. The van der Waals surface area contributed by atoms with Crippen LogP contribution < -0.4 is 10.5 Å². The minimum absolute atomic E-state index is 0. The molecule has 20 heavy (non-hydrogen) atoms. The third kappa shape index (κ3) is 2.55. The number of halogens is 1. The second-order valence-corrected chi connectivity index (χ2v) is 4.31. The molecule has 0 saturated heterocycles. The first-order chi connectivity index (χ1) is 8.95. The lowest BCUT2D eigenvalue weighted by molar-refractivity contribution is 0.0864. The SMILES string of the molecule is COc1ccc(C)c2cc(C(=O)N(C)C(=N)N)[nH]c12.Cl. The Morgan fingerprint density at radius 2 is 2.10 bits per heavy atom. The molecule has 0 saturated carbocycles. The smallest absolute Gasteiger partial charge is 0.276 e. The zero-order chi connectivity index (χ0) is 14.2. The second-order valence-electron chi connectivity index (χ2n) is 4.31. The first kappa shape index (κ1) is 15.8. The average molecular weight is 297 g/mol. The number of guanidine groups is 1. The topological polar surface area (TPSA) is 95.2 Å². The molecule has 0 fully saturated rings. The third-order valence-corrected chi connectivity index (χ3v) is 3.09. The number of H-pyrrole nitrogens is 1. The van der Waals surface area contributed by atoms with E-state index in [0.29, 0.717) is 11.4 Å². The van der Waals surface area contributed by atoms with Crippen molar-refractivity contribution in [2.24, 2.45) is 5.73 Å². The number of aromatic amines is 1. The van der Waals surface area contributed by atoms with E-state index in [-0.39, 0.29) is 24.3 Å². The van der Waals surface area contributed by atoms with Crippen molar-refractivity contribution in [3.8, 4) is 5.75 Å². The van der Waals surface area contributed by atoms with E-state index in [4.69, 9.17) is 15.9 Å². The van der Waals surface area contributed by atoms with E-state index in [9.17, 15) is 4.79 Å². The largest absolute Gasteiger partial charge is 0.495 e. The third-order valence-electron chi connectivity index (χ3n) is 3.09. The summed E-state index contributed by atoms with van der Waals surface area (Å²) in [4.78, 5) is 16.2. The van der Waals surface area contributed by atoms with Crippen molar-refractivity contribution in [2.75, 3.05) is 14.2 Å². The summed E-state index contributed by atoms with van der Waals surface area (Å²) in [6.07, 6.45) is 0. The molecule has 0 aliphatic heterocycles. The summed E-state index contributed by atoms with van der Waals surface area (Å²) >= 11 is 0. The summed E-state index contributed by atoms with van der Waals surface area (Å²) in [6.45, 7) is 1.96. The van der Waals surface area contributed by atoms with Gasteiger partial charge in [-0.3, -0.25) is 15.1 Å². The summed E-state index contributed by atoms with van der Waals surface area (Å²) in [5, 5.41) is 8.20. The normalized spacial score (nSPS) is 9.95. The van der Waals surface area contributed by atoms with Gasteiger partial charge in [-0.15, -0.1) is 12.4 Å². The molecule has 0 atom stereocenters. The highest BCUT2D eigenvalue weighted by molar-refractivity contribution is 6.06. The standard InChI is InChI=1S/C13H16N4O2.ClH/c1-7-4-5-10(19-3)11-8(7)6-9(16-11)12(18)17(2)13(14)15;/h4-6,16H,1-3H3,(H3,14,15);1H. The molecule has 0 aliphatic carbocycles. The molecular weight excluding hydrogens is 280 g/mol. The molecular formula is C13H17ClN4O2. The Hall–Kier alpha value is -2.21. The van der Waals surface area contributed by atoms with Gasteiger partial charge >= 0.3 is 0 Å². The Labute approximate surface area is 122 Å². The minimum atomic E-state index is -0.356. The number of nitrogens with one attached hydrogen (secondary N) is 2. The van der Waals surface area contributed by atoms with Crippen molar-refractivity contribution in [1.82, 2.24) is 9.88 Å². The highest BCUT2D eigenvalue weighted by Gasteiger charge is 2.18. The summed E-state index contributed by atoms with van der Waals surface area (Å²) < 4.78 is 5.26. The highest BCUT2D eigenvalue weighted by atomic mass is 35.5. The maximum absolute atomic E-state index is 12.1.